The first-order chi connectivity index (χ1) is 10.0. The van der Waals surface area contributed by atoms with E-state index < -0.39 is 10.0 Å². The summed E-state index contributed by atoms with van der Waals surface area (Å²) in [6, 6.07) is 14.7. The highest BCUT2D eigenvalue weighted by molar-refractivity contribution is 7.89. The number of aryl methyl sites for hydroxylation is 1. The molecule has 5 heteroatoms. The summed E-state index contributed by atoms with van der Waals surface area (Å²) in [5.41, 5.74) is 3.00. The van der Waals surface area contributed by atoms with Crippen LogP contribution in [0.3, 0.4) is 0 Å². The van der Waals surface area contributed by atoms with E-state index in [0.717, 1.165) is 16.7 Å². The van der Waals surface area contributed by atoms with E-state index >= 15 is 0 Å². The van der Waals surface area contributed by atoms with Gasteiger partial charge < -0.3 is 5.32 Å². The Morgan fingerprint density at radius 2 is 1.71 bits per heavy atom. The van der Waals surface area contributed by atoms with Crippen LogP contribution in [0.25, 0.3) is 0 Å². The van der Waals surface area contributed by atoms with Gasteiger partial charge in [0.25, 0.3) is 0 Å². The quantitative estimate of drug-likeness (QED) is 0.860. The molecule has 0 saturated carbocycles. The van der Waals surface area contributed by atoms with Crippen LogP contribution < -0.4 is 10.0 Å². The average molecular weight is 304 g/mol. The van der Waals surface area contributed by atoms with Gasteiger partial charge in [-0.3, -0.25) is 0 Å². The Bertz CT molecular complexity index is 697. The van der Waals surface area contributed by atoms with Gasteiger partial charge in [0.2, 0.25) is 10.0 Å². The Morgan fingerprint density at radius 3 is 2.38 bits per heavy atom. The van der Waals surface area contributed by atoms with Crippen molar-refractivity contribution in [2.45, 2.75) is 24.9 Å². The second-order valence-electron chi connectivity index (χ2n) is 4.93. The molecule has 2 aromatic carbocycles. The highest BCUT2D eigenvalue weighted by Gasteiger charge is 2.14. The molecule has 0 amide bonds. The van der Waals surface area contributed by atoms with E-state index in [1.807, 2.05) is 50.4 Å². The van der Waals surface area contributed by atoms with E-state index in [2.05, 4.69) is 10.0 Å². The molecule has 4 nitrogen and oxygen atoms in total. The van der Waals surface area contributed by atoms with Crippen molar-refractivity contribution in [1.82, 2.24) is 10.0 Å². The highest BCUT2D eigenvalue weighted by atomic mass is 32.2. The third kappa shape index (κ3) is 4.14. The van der Waals surface area contributed by atoms with Crippen LogP contribution in [0.1, 0.15) is 16.7 Å². The van der Waals surface area contributed by atoms with Gasteiger partial charge in [-0.15, -0.1) is 0 Å². The largest absolute Gasteiger partial charge is 0.316 e. The van der Waals surface area contributed by atoms with Crippen LogP contribution in [0.2, 0.25) is 0 Å². The molecular formula is C16H20N2O2S. The summed E-state index contributed by atoms with van der Waals surface area (Å²) in [6.07, 6.45) is 0. The molecule has 0 radical (unpaired) electrons. The molecule has 21 heavy (non-hydrogen) atoms. The zero-order valence-corrected chi connectivity index (χ0v) is 13.1. The van der Waals surface area contributed by atoms with Crippen molar-refractivity contribution in [2.24, 2.45) is 0 Å². The maximum atomic E-state index is 12.3. The average Bonchev–Trinajstić information content (AvgIpc) is 2.49. The molecule has 0 aliphatic rings. The Labute approximate surface area is 126 Å². The number of rotatable bonds is 6. The van der Waals surface area contributed by atoms with Crippen LogP contribution in [0.4, 0.5) is 0 Å². The van der Waals surface area contributed by atoms with Crippen molar-refractivity contribution < 1.29 is 8.42 Å². The summed E-state index contributed by atoms with van der Waals surface area (Å²) in [6.45, 7) is 2.91. The SMILES string of the molecule is CNCc1cc(S(=O)(=O)NCc2ccccc2)ccc1C. The first-order valence-electron chi connectivity index (χ1n) is 6.80. The number of benzene rings is 2. The minimum atomic E-state index is -3.49. The molecule has 0 aliphatic heterocycles. The van der Waals surface area contributed by atoms with Crippen molar-refractivity contribution in [3.05, 3.63) is 65.2 Å². The minimum absolute atomic E-state index is 0.290. The molecule has 0 fully saturated rings. The topological polar surface area (TPSA) is 58.2 Å². The van der Waals surface area contributed by atoms with Crippen LogP contribution in [-0.2, 0) is 23.1 Å². The molecule has 2 N–H and O–H groups in total. The molecule has 0 atom stereocenters. The van der Waals surface area contributed by atoms with Crippen LogP contribution in [-0.4, -0.2) is 15.5 Å². The van der Waals surface area contributed by atoms with Crippen LogP contribution in [0.5, 0.6) is 0 Å². The van der Waals surface area contributed by atoms with Gasteiger partial charge in [0.15, 0.2) is 0 Å². The molecule has 0 saturated heterocycles. The molecule has 112 valence electrons. The smallest absolute Gasteiger partial charge is 0.240 e. The van der Waals surface area contributed by atoms with Gasteiger partial charge in [0.1, 0.15) is 0 Å². The second-order valence-corrected chi connectivity index (χ2v) is 6.70. The van der Waals surface area contributed by atoms with Crippen LogP contribution >= 0.6 is 0 Å². The van der Waals surface area contributed by atoms with Crippen LogP contribution in [0, 0.1) is 6.92 Å². The lowest BCUT2D eigenvalue weighted by atomic mass is 10.1. The van der Waals surface area contributed by atoms with Crippen molar-refractivity contribution in [3.63, 3.8) is 0 Å². The fourth-order valence-electron chi connectivity index (χ4n) is 2.05. The lowest BCUT2D eigenvalue weighted by Crippen LogP contribution is -2.23. The first-order valence-corrected chi connectivity index (χ1v) is 8.29. The van der Waals surface area contributed by atoms with E-state index in [9.17, 15) is 8.42 Å². The maximum absolute atomic E-state index is 12.3. The maximum Gasteiger partial charge on any atom is 0.240 e. The lowest BCUT2D eigenvalue weighted by Gasteiger charge is -2.10. The number of nitrogens with one attached hydrogen (secondary N) is 2. The number of hydrogen-bond acceptors (Lipinski definition) is 3. The normalized spacial score (nSPS) is 11.5. The predicted molar refractivity (Wildman–Crippen MR) is 84.4 cm³/mol. The third-order valence-electron chi connectivity index (χ3n) is 3.31. The zero-order chi connectivity index (χ0) is 15.3. The molecule has 2 rings (SSSR count). The standard InChI is InChI=1S/C16H20N2O2S/c1-13-8-9-16(10-15(13)12-17-2)21(19,20)18-11-14-6-4-3-5-7-14/h3-10,17-18H,11-12H2,1-2H3. The van der Waals surface area contributed by atoms with E-state index in [-0.39, 0.29) is 0 Å². The van der Waals surface area contributed by atoms with Gasteiger partial charge in [0.05, 0.1) is 4.90 Å². The zero-order valence-electron chi connectivity index (χ0n) is 12.3. The van der Waals surface area contributed by atoms with Gasteiger partial charge in [-0.05, 0) is 42.8 Å². The van der Waals surface area contributed by atoms with Crippen molar-refractivity contribution in [2.75, 3.05) is 7.05 Å². The summed E-state index contributed by atoms with van der Waals surface area (Å²) in [5, 5.41) is 3.05. The van der Waals surface area contributed by atoms with Gasteiger partial charge in [0, 0.05) is 13.1 Å². The van der Waals surface area contributed by atoms with Crippen molar-refractivity contribution in [3.8, 4) is 0 Å². The van der Waals surface area contributed by atoms with Gasteiger partial charge in [-0.2, -0.15) is 0 Å². The van der Waals surface area contributed by atoms with Gasteiger partial charge in [-0.25, -0.2) is 13.1 Å². The predicted octanol–water partition coefficient (Wildman–Crippen LogP) is 2.19. The summed E-state index contributed by atoms with van der Waals surface area (Å²) < 4.78 is 27.3. The monoisotopic (exact) mass is 304 g/mol. The fourth-order valence-corrected chi connectivity index (χ4v) is 3.12. The summed E-state index contributed by atoms with van der Waals surface area (Å²) in [7, 11) is -1.65. The summed E-state index contributed by atoms with van der Waals surface area (Å²) in [5.74, 6) is 0. The summed E-state index contributed by atoms with van der Waals surface area (Å²) >= 11 is 0. The van der Waals surface area contributed by atoms with E-state index in [1.165, 1.54) is 0 Å². The Morgan fingerprint density at radius 1 is 1.00 bits per heavy atom. The minimum Gasteiger partial charge on any atom is -0.316 e. The van der Waals surface area contributed by atoms with Gasteiger partial charge >= 0.3 is 0 Å². The molecule has 0 spiro atoms. The lowest BCUT2D eigenvalue weighted by molar-refractivity contribution is 0.581. The summed E-state index contributed by atoms with van der Waals surface area (Å²) in [4.78, 5) is 0.300. The van der Waals surface area contributed by atoms with E-state index in [1.54, 1.807) is 12.1 Å². The van der Waals surface area contributed by atoms with E-state index in [4.69, 9.17) is 0 Å². The van der Waals surface area contributed by atoms with Crippen LogP contribution in [0.15, 0.2) is 53.4 Å². The Kier molecular flexibility index (Phi) is 5.12. The van der Waals surface area contributed by atoms with E-state index in [0.29, 0.717) is 18.0 Å². The third-order valence-corrected chi connectivity index (χ3v) is 4.71. The Hall–Kier alpha value is -1.69. The molecule has 2 aromatic rings. The second kappa shape index (κ2) is 6.85. The number of sulfonamides is 1. The van der Waals surface area contributed by atoms with Gasteiger partial charge in [-0.1, -0.05) is 36.4 Å². The van der Waals surface area contributed by atoms with Crippen molar-refractivity contribution in [1.29, 1.82) is 0 Å². The fraction of sp³-hybridized carbons (Fsp3) is 0.250. The van der Waals surface area contributed by atoms with Crippen molar-refractivity contribution >= 4 is 10.0 Å². The number of hydrogen-bond donors (Lipinski definition) is 2. The Balaban J connectivity index is 2.17. The molecular weight excluding hydrogens is 284 g/mol. The molecule has 0 bridgehead atoms. The molecule has 0 aliphatic carbocycles. The highest BCUT2D eigenvalue weighted by Crippen LogP contribution is 2.16. The first kappa shape index (κ1) is 15.7. The molecule has 0 aromatic heterocycles. The molecule has 0 unspecified atom stereocenters. The molecule has 0 heterocycles.